The van der Waals surface area contributed by atoms with Crippen LogP contribution in [0.1, 0.15) is 0 Å². The first-order valence-corrected chi connectivity index (χ1v) is 5.25. The van der Waals surface area contributed by atoms with Crippen LogP contribution in [0.15, 0.2) is 42.7 Å². The molecule has 0 N–H and O–H groups in total. The van der Waals surface area contributed by atoms with Crippen LogP contribution in [0.25, 0.3) is 22.2 Å². The topological polar surface area (TPSA) is 49.1 Å². The van der Waals surface area contributed by atoms with Gasteiger partial charge in [-0.05, 0) is 23.8 Å². The van der Waals surface area contributed by atoms with E-state index in [9.17, 15) is 0 Å². The van der Waals surface area contributed by atoms with E-state index in [1.54, 1.807) is 13.3 Å². The highest BCUT2D eigenvalue weighted by molar-refractivity contribution is 5.79. The Morgan fingerprint density at radius 1 is 1.06 bits per heavy atom. The molecule has 2 aromatic heterocycles. The predicted octanol–water partition coefficient (Wildman–Crippen LogP) is 2.26. The van der Waals surface area contributed by atoms with Crippen molar-refractivity contribution in [2.75, 3.05) is 7.11 Å². The Labute approximate surface area is 98.3 Å². The minimum Gasteiger partial charge on any atom is -0.579 e. The first kappa shape index (κ1) is 9.84. The Bertz CT molecular complexity index is 643. The quantitative estimate of drug-likeness (QED) is 0.670. The molecule has 1 aromatic carbocycles. The zero-order valence-electron chi connectivity index (χ0n) is 9.29. The third-order valence-corrected chi connectivity index (χ3v) is 2.67. The largest absolute Gasteiger partial charge is 0.579 e. The number of aromatic nitrogens is 3. The molecule has 0 saturated carbocycles. The first-order chi connectivity index (χ1) is 8.36. The van der Waals surface area contributed by atoms with Gasteiger partial charge < -0.3 is 14.9 Å². The van der Waals surface area contributed by atoms with Gasteiger partial charge in [-0.3, -0.25) is 4.98 Å². The van der Waals surface area contributed by atoms with Crippen molar-refractivity contribution in [1.82, 2.24) is 15.2 Å². The molecule has 0 aliphatic carbocycles. The Morgan fingerprint density at radius 3 is 2.65 bits per heavy atom. The molecule has 4 nitrogen and oxygen atoms in total. The van der Waals surface area contributed by atoms with Crippen LogP contribution in [-0.2, 0) is 0 Å². The summed E-state index contributed by atoms with van der Waals surface area (Å²) in [7, 11) is 1.65. The summed E-state index contributed by atoms with van der Waals surface area (Å²) in [6, 6.07) is 9.83. The van der Waals surface area contributed by atoms with Crippen molar-refractivity contribution in [2.24, 2.45) is 0 Å². The summed E-state index contributed by atoms with van der Waals surface area (Å²) in [4.78, 5) is 4.30. The van der Waals surface area contributed by atoms with Crippen molar-refractivity contribution in [1.29, 1.82) is 0 Å². The lowest BCUT2D eigenvalue weighted by atomic mass is 10.1. The molecule has 0 aliphatic rings. The number of rotatable bonds is 2. The van der Waals surface area contributed by atoms with Gasteiger partial charge in [0.25, 0.3) is 0 Å². The second-order valence-corrected chi connectivity index (χ2v) is 3.70. The summed E-state index contributed by atoms with van der Waals surface area (Å²) < 4.78 is 5.12. The molecule has 2 heterocycles. The Kier molecular flexibility index (Phi) is 2.26. The maximum absolute atomic E-state index is 5.12. The molecular weight excluding hydrogens is 214 g/mol. The number of hydrogen-bond donors (Lipinski definition) is 0. The van der Waals surface area contributed by atoms with Gasteiger partial charge in [0.1, 0.15) is 5.75 Å². The summed E-state index contributed by atoms with van der Waals surface area (Å²) in [6.07, 6.45) is 3.49. The number of methoxy groups -OCH3 is 1. The minimum absolute atomic E-state index is 0.818. The van der Waals surface area contributed by atoms with Crippen molar-refractivity contribution in [3.63, 3.8) is 0 Å². The molecule has 3 rings (SSSR count). The average Bonchev–Trinajstić information content (AvgIpc) is 2.86. The van der Waals surface area contributed by atoms with Gasteiger partial charge in [0, 0.05) is 11.8 Å². The maximum atomic E-state index is 5.12. The molecule has 0 bridgehead atoms. The van der Waals surface area contributed by atoms with E-state index in [0.29, 0.717) is 0 Å². The molecule has 84 valence electrons. The van der Waals surface area contributed by atoms with Gasteiger partial charge in [-0.15, -0.1) is 6.20 Å². The highest BCUT2D eigenvalue weighted by Gasteiger charge is 2.00. The summed E-state index contributed by atoms with van der Waals surface area (Å²) >= 11 is 0. The fourth-order valence-corrected chi connectivity index (χ4v) is 1.73. The number of hydrogen-bond acceptors (Lipinski definition) is 3. The van der Waals surface area contributed by atoms with Crippen molar-refractivity contribution in [3.8, 4) is 16.9 Å². The van der Waals surface area contributed by atoms with Crippen LogP contribution in [-0.4, -0.2) is 17.2 Å². The normalized spacial score (nSPS) is 10.6. The lowest BCUT2D eigenvalue weighted by molar-refractivity contribution is 0.415. The average molecular weight is 224 g/mol. The van der Waals surface area contributed by atoms with Crippen molar-refractivity contribution < 1.29 is 4.74 Å². The molecule has 0 amide bonds. The number of fused-ring (bicyclic) bond motifs is 1. The van der Waals surface area contributed by atoms with E-state index >= 15 is 0 Å². The summed E-state index contributed by atoms with van der Waals surface area (Å²) in [5, 5.41) is 7.83. The van der Waals surface area contributed by atoms with Gasteiger partial charge in [-0.25, -0.2) is 0 Å². The van der Waals surface area contributed by atoms with Gasteiger partial charge in [0.2, 0.25) is 0 Å². The van der Waals surface area contributed by atoms with Crippen LogP contribution in [0.5, 0.6) is 5.75 Å². The van der Waals surface area contributed by atoms with E-state index < -0.39 is 0 Å². The first-order valence-electron chi connectivity index (χ1n) is 5.25. The van der Waals surface area contributed by atoms with Crippen molar-refractivity contribution in [3.05, 3.63) is 42.7 Å². The third-order valence-electron chi connectivity index (χ3n) is 2.67. The number of nitrogens with zero attached hydrogens (tertiary/aromatic N) is 3. The van der Waals surface area contributed by atoms with E-state index in [1.807, 2.05) is 36.5 Å². The Morgan fingerprint density at radius 2 is 1.88 bits per heavy atom. The molecule has 3 aromatic rings. The van der Waals surface area contributed by atoms with Crippen LogP contribution >= 0.6 is 0 Å². The summed E-state index contributed by atoms with van der Waals surface area (Å²) in [5.41, 5.74) is 3.75. The third kappa shape index (κ3) is 1.73. The smallest absolute Gasteiger partial charge is 0.118 e. The zero-order chi connectivity index (χ0) is 11.7. The molecule has 0 spiro atoms. The van der Waals surface area contributed by atoms with Gasteiger partial charge in [0.05, 0.1) is 18.1 Å². The molecule has 0 unspecified atom stereocenters. The van der Waals surface area contributed by atoms with Crippen molar-refractivity contribution >= 4 is 11.0 Å². The highest BCUT2D eigenvalue weighted by Crippen LogP contribution is 2.23. The van der Waals surface area contributed by atoms with Crippen LogP contribution in [0.4, 0.5) is 0 Å². The lowest BCUT2D eigenvalue weighted by Crippen LogP contribution is -1.84. The van der Waals surface area contributed by atoms with Gasteiger partial charge in [0.15, 0.2) is 0 Å². The fraction of sp³-hybridized carbons (Fsp3) is 0.0769. The second kappa shape index (κ2) is 3.90. The molecule has 0 saturated heterocycles. The van der Waals surface area contributed by atoms with Gasteiger partial charge in [-0.1, -0.05) is 12.1 Å². The lowest BCUT2D eigenvalue weighted by Gasteiger charge is -2.03. The molecule has 17 heavy (non-hydrogen) atoms. The maximum Gasteiger partial charge on any atom is 0.118 e. The molecule has 4 heteroatoms. The van der Waals surface area contributed by atoms with E-state index in [0.717, 1.165) is 27.9 Å². The van der Waals surface area contributed by atoms with Crippen LogP contribution in [0, 0.1) is 0 Å². The number of ether oxygens (including phenoxy) is 1. The number of pyridine rings is 1. The molecular formula is C13H10N3O-. The predicted molar refractivity (Wildman–Crippen MR) is 64.8 cm³/mol. The monoisotopic (exact) mass is 224 g/mol. The SMILES string of the molecule is COc1ccc(-c2cnc3c[n-]nc3c2)cc1. The summed E-state index contributed by atoms with van der Waals surface area (Å²) in [6.45, 7) is 0. The van der Waals surface area contributed by atoms with E-state index in [4.69, 9.17) is 4.74 Å². The van der Waals surface area contributed by atoms with Crippen LogP contribution < -0.4 is 9.84 Å². The highest BCUT2D eigenvalue weighted by atomic mass is 16.5. The Hall–Kier alpha value is -2.36. The molecule has 0 radical (unpaired) electrons. The van der Waals surface area contributed by atoms with E-state index in [-0.39, 0.29) is 0 Å². The molecule has 0 atom stereocenters. The summed E-state index contributed by atoms with van der Waals surface area (Å²) in [5.74, 6) is 0.843. The number of benzene rings is 1. The van der Waals surface area contributed by atoms with E-state index in [1.165, 1.54) is 0 Å². The van der Waals surface area contributed by atoms with E-state index in [2.05, 4.69) is 15.2 Å². The minimum atomic E-state index is 0.818. The van der Waals surface area contributed by atoms with Gasteiger partial charge >= 0.3 is 0 Å². The van der Waals surface area contributed by atoms with Crippen LogP contribution in [0.3, 0.4) is 0 Å². The second-order valence-electron chi connectivity index (χ2n) is 3.70. The fourth-order valence-electron chi connectivity index (χ4n) is 1.73. The van der Waals surface area contributed by atoms with Crippen LogP contribution in [0.2, 0.25) is 0 Å². The van der Waals surface area contributed by atoms with Gasteiger partial charge in [-0.2, -0.15) is 0 Å². The molecule has 0 aliphatic heterocycles. The zero-order valence-corrected chi connectivity index (χ0v) is 9.29. The standard InChI is InChI=1S/C13H10N3O/c1-17-11-4-2-9(3-5-11)10-6-12-13(14-7-10)8-15-16-12/h2-8H,1H3/q-1. The van der Waals surface area contributed by atoms with Crippen molar-refractivity contribution in [2.45, 2.75) is 0 Å². The molecule has 0 fully saturated rings. The Balaban J connectivity index is 2.06.